The lowest BCUT2D eigenvalue weighted by molar-refractivity contribution is 0.483. The highest BCUT2D eigenvalue weighted by atomic mass is 35.5. The van der Waals surface area contributed by atoms with Gasteiger partial charge in [-0.1, -0.05) is 43.5 Å². The van der Waals surface area contributed by atoms with Crippen LogP contribution in [0.25, 0.3) is 0 Å². The van der Waals surface area contributed by atoms with Gasteiger partial charge in [-0.2, -0.15) is 0 Å². The van der Waals surface area contributed by atoms with Crippen LogP contribution >= 0.6 is 11.6 Å². The van der Waals surface area contributed by atoms with Crippen molar-refractivity contribution < 1.29 is 13.2 Å². The molecule has 152 valence electrons. The molecule has 0 aromatic heterocycles. The van der Waals surface area contributed by atoms with Crippen LogP contribution in [0.2, 0.25) is 5.02 Å². The van der Waals surface area contributed by atoms with E-state index in [0.717, 1.165) is 18.4 Å². The molecule has 3 rings (SSSR count). The van der Waals surface area contributed by atoms with Gasteiger partial charge in [0.1, 0.15) is 11.5 Å². The van der Waals surface area contributed by atoms with Gasteiger partial charge in [0.05, 0.1) is 4.90 Å². The molecule has 0 aliphatic heterocycles. The second-order valence-corrected chi connectivity index (χ2v) is 8.91. The maximum absolute atomic E-state index is 12.6. The minimum absolute atomic E-state index is 0.248. The lowest BCUT2D eigenvalue weighted by Crippen LogP contribution is -2.12. The van der Waals surface area contributed by atoms with Crippen LogP contribution in [-0.4, -0.2) is 8.42 Å². The first-order valence-electron chi connectivity index (χ1n) is 9.61. The second kappa shape index (κ2) is 9.81. The van der Waals surface area contributed by atoms with Crippen molar-refractivity contribution in [2.75, 3.05) is 4.72 Å². The Labute approximate surface area is 177 Å². The number of aryl methyl sites for hydroxylation is 1. The number of hydrogen-bond acceptors (Lipinski definition) is 3. The fourth-order valence-electron chi connectivity index (χ4n) is 2.86. The quantitative estimate of drug-likeness (QED) is 0.386. The Morgan fingerprint density at radius 3 is 2.00 bits per heavy atom. The molecule has 3 aromatic carbocycles. The molecular weight excluding hydrogens is 406 g/mol. The molecule has 29 heavy (non-hydrogen) atoms. The lowest BCUT2D eigenvalue weighted by Gasteiger charge is -2.10. The Morgan fingerprint density at radius 2 is 1.41 bits per heavy atom. The highest BCUT2D eigenvalue weighted by Gasteiger charge is 2.14. The van der Waals surface area contributed by atoms with Crippen LogP contribution in [0, 0.1) is 0 Å². The number of nitrogens with one attached hydrogen (secondary N) is 1. The first-order valence-corrected chi connectivity index (χ1v) is 11.5. The highest BCUT2D eigenvalue weighted by Crippen LogP contribution is 2.25. The molecule has 0 saturated heterocycles. The number of benzene rings is 3. The first-order chi connectivity index (χ1) is 14.0. The van der Waals surface area contributed by atoms with Gasteiger partial charge in [-0.05, 0) is 79.1 Å². The van der Waals surface area contributed by atoms with Gasteiger partial charge >= 0.3 is 0 Å². The van der Waals surface area contributed by atoms with Crippen molar-refractivity contribution in [1.29, 1.82) is 0 Å². The van der Waals surface area contributed by atoms with E-state index in [1.807, 2.05) is 12.1 Å². The summed E-state index contributed by atoms with van der Waals surface area (Å²) in [6, 6.07) is 20.9. The Balaban J connectivity index is 1.63. The number of ether oxygens (including phenoxy) is 1. The molecule has 6 heteroatoms. The topological polar surface area (TPSA) is 55.4 Å². The number of hydrogen-bond donors (Lipinski definition) is 1. The van der Waals surface area contributed by atoms with E-state index in [-0.39, 0.29) is 4.90 Å². The Hall–Kier alpha value is -2.50. The van der Waals surface area contributed by atoms with Gasteiger partial charge < -0.3 is 4.74 Å². The van der Waals surface area contributed by atoms with E-state index in [1.165, 1.54) is 12.8 Å². The molecule has 1 N–H and O–H groups in total. The zero-order valence-corrected chi connectivity index (χ0v) is 17.8. The molecule has 0 heterocycles. The van der Waals surface area contributed by atoms with E-state index in [9.17, 15) is 8.42 Å². The zero-order chi connectivity index (χ0) is 20.7. The van der Waals surface area contributed by atoms with Gasteiger partial charge in [0.15, 0.2) is 0 Å². The van der Waals surface area contributed by atoms with Gasteiger partial charge in [-0.3, -0.25) is 4.72 Å². The molecule has 0 saturated carbocycles. The van der Waals surface area contributed by atoms with Crippen LogP contribution in [0.1, 0.15) is 31.7 Å². The molecule has 0 radical (unpaired) electrons. The summed E-state index contributed by atoms with van der Waals surface area (Å²) in [5.41, 5.74) is 1.63. The Kier molecular flexibility index (Phi) is 7.18. The van der Waals surface area contributed by atoms with Crippen molar-refractivity contribution in [3.8, 4) is 11.5 Å². The maximum atomic E-state index is 12.6. The monoisotopic (exact) mass is 429 g/mol. The zero-order valence-electron chi connectivity index (χ0n) is 16.3. The van der Waals surface area contributed by atoms with E-state index >= 15 is 0 Å². The number of sulfonamides is 1. The highest BCUT2D eigenvalue weighted by molar-refractivity contribution is 7.92. The molecule has 0 aliphatic carbocycles. The number of unbranched alkanes of at least 4 members (excludes halogenated alkanes) is 2. The summed E-state index contributed by atoms with van der Waals surface area (Å²) < 4.78 is 33.6. The summed E-state index contributed by atoms with van der Waals surface area (Å²) >= 11 is 5.86. The standard InChI is InChI=1S/C23H24ClNO3S/c1-2-3-4-5-18-6-16-23(17-7-18)29(26,27)25-20-10-14-22(15-11-20)28-21-12-8-19(24)9-13-21/h6-17,25H,2-5H2,1H3. The molecule has 0 fully saturated rings. The number of halogens is 1. The molecule has 3 aromatic rings. The number of anilines is 1. The van der Waals surface area contributed by atoms with Crippen molar-refractivity contribution in [3.05, 3.63) is 83.4 Å². The minimum Gasteiger partial charge on any atom is -0.457 e. The summed E-state index contributed by atoms with van der Waals surface area (Å²) in [6.07, 6.45) is 4.43. The van der Waals surface area contributed by atoms with Crippen LogP contribution in [0.15, 0.2) is 77.7 Å². The van der Waals surface area contributed by atoms with Gasteiger partial charge in [-0.25, -0.2) is 8.42 Å². The summed E-state index contributed by atoms with van der Waals surface area (Å²) in [5.74, 6) is 1.26. The van der Waals surface area contributed by atoms with Gasteiger partial charge in [0, 0.05) is 10.7 Å². The van der Waals surface area contributed by atoms with Crippen molar-refractivity contribution >= 4 is 27.3 Å². The predicted octanol–water partition coefficient (Wildman–Crippen LogP) is 6.67. The normalized spacial score (nSPS) is 11.2. The Bertz CT molecular complexity index is 1020. The average molecular weight is 430 g/mol. The van der Waals surface area contributed by atoms with Crippen LogP contribution in [0.3, 0.4) is 0 Å². The van der Waals surface area contributed by atoms with Crippen LogP contribution in [0.5, 0.6) is 11.5 Å². The molecule has 0 unspecified atom stereocenters. The third kappa shape index (κ3) is 6.24. The summed E-state index contributed by atoms with van der Waals surface area (Å²) in [5, 5.41) is 0.635. The van der Waals surface area contributed by atoms with E-state index < -0.39 is 10.0 Å². The average Bonchev–Trinajstić information content (AvgIpc) is 2.72. The van der Waals surface area contributed by atoms with E-state index in [0.29, 0.717) is 22.2 Å². The smallest absolute Gasteiger partial charge is 0.261 e. The van der Waals surface area contributed by atoms with Crippen LogP contribution < -0.4 is 9.46 Å². The Morgan fingerprint density at radius 1 is 0.828 bits per heavy atom. The number of rotatable bonds is 9. The van der Waals surface area contributed by atoms with E-state index in [4.69, 9.17) is 16.3 Å². The molecule has 0 aliphatic rings. The van der Waals surface area contributed by atoms with Gasteiger partial charge in [0.25, 0.3) is 10.0 Å². The first kappa shape index (κ1) is 21.2. The van der Waals surface area contributed by atoms with E-state index in [2.05, 4.69) is 11.6 Å². The predicted molar refractivity (Wildman–Crippen MR) is 118 cm³/mol. The molecule has 4 nitrogen and oxygen atoms in total. The fourth-order valence-corrected chi connectivity index (χ4v) is 4.04. The van der Waals surface area contributed by atoms with Crippen molar-refractivity contribution in [3.63, 3.8) is 0 Å². The SMILES string of the molecule is CCCCCc1ccc(S(=O)(=O)Nc2ccc(Oc3ccc(Cl)cc3)cc2)cc1. The molecule has 0 spiro atoms. The molecular formula is C23H24ClNO3S. The largest absolute Gasteiger partial charge is 0.457 e. The fraction of sp³-hybridized carbons (Fsp3) is 0.217. The van der Waals surface area contributed by atoms with Crippen LogP contribution in [0.4, 0.5) is 5.69 Å². The van der Waals surface area contributed by atoms with Crippen molar-refractivity contribution in [1.82, 2.24) is 0 Å². The maximum Gasteiger partial charge on any atom is 0.261 e. The summed E-state index contributed by atoms with van der Waals surface area (Å²) in [7, 11) is -3.64. The van der Waals surface area contributed by atoms with E-state index in [1.54, 1.807) is 60.7 Å². The molecule has 0 bridgehead atoms. The molecule has 0 amide bonds. The van der Waals surface area contributed by atoms with Crippen molar-refractivity contribution in [2.24, 2.45) is 0 Å². The molecule has 0 atom stereocenters. The van der Waals surface area contributed by atoms with Crippen molar-refractivity contribution in [2.45, 2.75) is 37.5 Å². The van der Waals surface area contributed by atoms with Gasteiger partial charge in [-0.15, -0.1) is 0 Å². The summed E-state index contributed by atoms with van der Waals surface area (Å²) in [4.78, 5) is 0.248. The summed E-state index contributed by atoms with van der Waals surface area (Å²) in [6.45, 7) is 2.16. The lowest BCUT2D eigenvalue weighted by atomic mass is 10.1. The van der Waals surface area contributed by atoms with Gasteiger partial charge in [0.2, 0.25) is 0 Å². The van der Waals surface area contributed by atoms with Crippen LogP contribution in [-0.2, 0) is 16.4 Å². The third-order valence-corrected chi connectivity index (χ3v) is 6.11. The third-order valence-electron chi connectivity index (χ3n) is 4.46. The minimum atomic E-state index is -3.64. The second-order valence-electron chi connectivity index (χ2n) is 6.79.